The molecule has 0 radical (unpaired) electrons. The van der Waals surface area contributed by atoms with Crippen molar-refractivity contribution < 1.29 is 4.74 Å². The Labute approximate surface area is 81.1 Å². The Bertz CT molecular complexity index is 153. The lowest BCUT2D eigenvalue weighted by Gasteiger charge is -2.15. The van der Waals surface area contributed by atoms with Crippen LogP contribution in [0, 0.1) is 11.3 Å². The van der Waals surface area contributed by atoms with E-state index in [4.69, 9.17) is 10.00 Å². The summed E-state index contributed by atoms with van der Waals surface area (Å²) in [4.78, 5) is 0. The molecule has 0 saturated heterocycles. The van der Waals surface area contributed by atoms with Gasteiger partial charge in [-0.2, -0.15) is 5.26 Å². The van der Waals surface area contributed by atoms with Crippen molar-refractivity contribution in [2.24, 2.45) is 0 Å². The fourth-order valence-electron chi connectivity index (χ4n) is 1.14. The normalized spacial score (nSPS) is 14.9. The van der Waals surface area contributed by atoms with Gasteiger partial charge >= 0.3 is 0 Å². The topological polar surface area (TPSA) is 45.0 Å². The van der Waals surface area contributed by atoms with Crippen LogP contribution in [-0.2, 0) is 4.74 Å². The van der Waals surface area contributed by atoms with Gasteiger partial charge in [-0.1, -0.05) is 20.3 Å². The Morgan fingerprint density at radius 2 is 2.15 bits per heavy atom. The van der Waals surface area contributed by atoms with Crippen LogP contribution in [-0.4, -0.2) is 25.3 Å². The molecular weight excluding hydrogens is 164 g/mol. The maximum atomic E-state index is 8.71. The molecule has 0 amide bonds. The van der Waals surface area contributed by atoms with Gasteiger partial charge < -0.3 is 10.1 Å². The SMILES string of the molecule is CCCC(C)OCC(C#N)NCC. The van der Waals surface area contributed by atoms with E-state index in [1.807, 2.05) is 13.8 Å². The number of hydrogen-bond acceptors (Lipinski definition) is 3. The van der Waals surface area contributed by atoms with Gasteiger partial charge in [0.25, 0.3) is 0 Å². The minimum Gasteiger partial charge on any atom is -0.376 e. The average Bonchev–Trinajstić information content (AvgIpc) is 2.12. The summed E-state index contributed by atoms with van der Waals surface area (Å²) in [6, 6.07) is 2.00. The van der Waals surface area contributed by atoms with Crippen LogP contribution >= 0.6 is 0 Å². The molecule has 2 unspecified atom stereocenters. The first kappa shape index (κ1) is 12.4. The maximum Gasteiger partial charge on any atom is 0.119 e. The molecule has 0 aliphatic rings. The summed E-state index contributed by atoms with van der Waals surface area (Å²) in [5, 5.41) is 11.8. The van der Waals surface area contributed by atoms with E-state index in [1.165, 1.54) is 0 Å². The highest BCUT2D eigenvalue weighted by atomic mass is 16.5. The van der Waals surface area contributed by atoms with Crippen molar-refractivity contribution in [1.29, 1.82) is 5.26 Å². The van der Waals surface area contributed by atoms with Crippen molar-refractivity contribution in [3.05, 3.63) is 0 Å². The highest BCUT2D eigenvalue weighted by molar-refractivity contribution is 4.89. The second kappa shape index (κ2) is 8.03. The van der Waals surface area contributed by atoms with Gasteiger partial charge in [0.1, 0.15) is 6.04 Å². The molecular formula is C10H20N2O. The highest BCUT2D eigenvalue weighted by Crippen LogP contribution is 2.01. The number of likely N-dealkylation sites (N-methyl/N-ethyl adjacent to an activating group) is 1. The Kier molecular flexibility index (Phi) is 7.66. The molecule has 0 spiro atoms. The molecule has 0 bridgehead atoms. The number of rotatable bonds is 7. The summed E-state index contributed by atoms with van der Waals surface area (Å²) in [7, 11) is 0. The van der Waals surface area contributed by atoms with Gasteiger partial charge in [0.2, 0.25) is 0 Å². The number of hydrogen-bond donors (Lipinski definition) is 1. The predicted octanol–water partition coefficient (Wildman–Crippen LogP) is 1.69. The molecule has 3 nitrogen and oxygen atoms in total. The lowest BCUT2D eigenvalue weighted by molar-refractivity contribution is 0.0528. The van der Waals surface area contributed by atoms with Crippen LogP contribution in [0.3, 0.4) is 0 Å². The molecule has 0 aliphatic carbocycles. The fourth-order valence-corrected chi connectivity index (χ4v) is 1.14. The average molecular weight is 184 g/mol. The van der Waals surface area contributed by atoms with E-state index in [-0.39, 0.29) is 12.1 Å². The van der Waals surface area contributed by atoms with Gasteiger partial charge in [-0.05, 0) is 19.9 Å². The van der Waals surface area contributed by atoms with Gasteiger partial charge in [0.05, 0.1) is 18.8 Å². The van der Waals surface area contributed by atoms with Crippen LogP contribution in [0.4, 0.5) is 0 Å². The molecule has 0 fully saturated rings. The van der Waals surface area contributed by atoms with Crippen LogP contribution < -0.4 is 5.32 Å². The van der Waals surface area contributed by atoms with Gasteiger partial charge in [-0.3, -0.25) is 0 Å². The molecule has 13 heavy (non-hydrogen) atoms. The quantitative estimate of drug-likeness (QED) is 0.655. The van der Waals surface area contributed by atoms with Crippen LogP contribution in [0.5, 0.6) is 0 Å². The van der Waals surface area contributed by atoms with E-state index in [9.17, 15) is 0 Å². The summed E-state index contributed by atoms with van der Waals surface area (Å²) in [5.41, 5.74) is 0. The second-order valence-electron chi connectivity index (χ2n) is 3.17. The zero-order chi connectivity index (χ0) is 10.1. The van der Waals surface area contributed by atoms with Crippen molar-refractivity contribution in [1.82, 2.24) is 5.32 Å². The molecule has 0 aromatic carbocycles. The molecule has 0 saturated carbocycles. The molecule has 76 valence electrons. The summed E-state index contributed by atoms with van der Waals surface area (Å²) >= 11 is 0. The smallest absolute Gasteiger partial charge is 0.119 e. The molecule has 2 atom stereocenters. The predicted molar refractivity (Wildman–Crippen MR) is 53.4 cm³/mol. The van der Waals surface area contributed by atoms with Crippen LogP contribution in [0.15, 0.2) is 0 Å². The third-order valence-electron chi connectivity index (χ3n) is 1.85. The standard InChI is InChI=1S/C10H20N2O/c1-4-6-9(3)13-8-10(7-11)12-5-2/h9-10,12H,4-6,8H2,1-3H3. The zero-order valence-electron chi connectivity index (χ0n) is 8.84. The molecule has 0 aromatic heterocycles. The van der Waals surface area contributed by atoms with Crippen molar-refractivity contribution in [2.45, 2.75) is 45.8 Å². The monoisotopic (exact) mass is 184 g/mol. The lowest BCUT2D eigenvalue weighted by atomic mass is 10.2. The summed E-state index contributed by atoms with van der Waals surface area (Å²) in [6.07, 6.45) is 2.45. The number of nitriles is 1. The maximum absolute atomic E-state index is 8.71. The number of nitrogens with zero attached hydrogens (tertiary/aromatic N) is 1. The Morgan fingerprint density at radius 1 is 1.46 bits per heavy atom. The van der Waals surface area contributed by atoms with Gasteiger partial charge in [0.15, 0.2) is 0 Å². The zero-order valence-corrected chi connectivity index (χ0v) is 8.84. The molecule has 0 rings (SSSR count). The third kappa shape index (κ3) is 6.56. The van der Waals surface area contributed by atoms with Crippen molar-refractivity contribution in [3.63, 3.8) is 0 Å². The Morgan fingerprint density at radius 3 is 2.62 bits per heavy atom. The van der Waals surface area contributed by atoms with E-state index in [2.05, 4.69) is 18.3 Å². The minimum absolute atomic E-state index is 0.163. The third-order valence-corrected chi connectivity index (χ3v) is 1.85. The Hall–Kier alpha value is -0.590. The fraction of sp³-hybridized carbons (Fsp3) is 0.900. The molecule has 0 aromatic rings. The van der Waals surface area contributed by atoms with Crippen molar-refractivity contribution in [3.8, 4) is 6.07 Å². The van der Waals surface area contributed by atoms with Crippen molar-refractivity contribution in [2.75, 3.05) is 13.2 Å². The van der Waals surface area contributed by atoms with E-state index in [1.54, 1.807) is 0 Å². The van der Waals surface area contributed by atoms with E-state index in [0.29, 0.717) is 6.61 Å². The van der Waals surface area contributed by atoms with Crippen LogP contribution in [0.25, 0.3) is 0 Å². The van der Waals surface area contributed by atoms with Crippen molar-refractivity contribution >= 4 is 0 Å². The van der Waals surface area contributed by atoms with Crippen LogP contribution in [0.1, 0.15) is 33.6 Å². The lowest BCUT2D eigenvalue weighted by Crippen LogP contribution is -2.33. The van der Waals surface area contributed by atoms with E-state index in [0.717, 1.165) is 19.4 Å². The number of ether oxygens (including phenoxy) is 1. The first-order chi connectivity index (χ1) is 6.24. The van der Waals surface area contributed by atoms with Gasteiger partial charge in [0, 0.05) is 0 Å². The molecule has 0 heterocycles. The van der Waals surface area contributed by atoms with E-state index >= 15 is 0 Å². The molecule has 3 heteroatoms. The summed E-state index contributed by atoms with van der Waals surface area (Å²) in [6.45, 7) is 7.46. The number of nitrogens with one attached hydrogen (secondary N) is 1. The summed E-state index contributed by atoms with van der Waals surface area (Å²) in [5.74, 6) is 0. The molecule has 0 aliphatic heterocycles. The highest BCUT2D eigenvalue weighted by Gasteiger charge is 2.07. The second-order valence-corrected chi connectivity index (χ2v) is 3.17. The minimum atomic E-state index is -0.163. The first-order valence-electron chi connectivity index (χ1n) is 4.99. The Balaban J connectivity index is 3.54. The largest absolute Gasteiger partial charge is 0.376 e. The first-order valence-corrected chi connectivity index (χ1v) is 4.99. The summed E-state index contributed by atoms with van der Waals surface area (Å²) < 4.78 is 5.50. The van der Waals surface area contributed by atoms with E-state index < -0.39 is 0 Å². The molecule has 1 N–H and O–H groups in total. The van der Waals surface area contributed by atoms with Crippen LogP contribution in [0.2, 0.25) is 0 Å². The van der Waals surface area contributed by atoms with Gasteiger partial charge in [-0.25, -0.2) is 0 Å². The van der Waals surface area contributed by atoms with Gasteiger partial charge in [-0.15, -0.1) is 0 Å².